The van der Waals surface area contributed by atoms with Crippen LogP contribution in [0.4, 0.5) is 13.2 Å². The van der Waals surface area contributed by atoms with Crippen LogP contribution in [0.5, 0.6) is 0 Å². The van der Waals surface area contributed by atoms with Gasteiger partial charge in [-0.05, 0) is 48.0 Å². The molecule has 2 aliphatic heterocycles. The Kier molecular flexibility index (Phi) is 4.66. The molecular formula is C20H19F3N4O. The first-order chi connectivity index (χ1) is 13.3. The van der Waals surface area contributed by atoms with E-state index in [1.165, 1.54) is 6.20 Å². The molecule has 1 saturated heterocycles. The number of hydrogen-bond donors (Lipinski definition) is 0. The molecule has 2 aliphatic rings. The number of piperazine rings is 1. The van der Waals surface area contributed by atoms with E-state index < -0.39 is 11.7 Å². The second-order valence-electron chi connectivity index (χ2n) is 7.09. The normalized spacial score (nSPS) is 17.1. The molecule has 4 rings (SSSR count). The van der Waals surface area contributed by atoms with E-state index in [2.05, 4.69) is 14.9 Å². The van der Waals surface area contributed by atoms with Gasteiger partial charge < -0.3 is 9.80 Å². The minimum Gasteiger partial charge on any atom is -0.335 e. The fraction of sp³-hybridized carbons (Fsp3) is 0.350. The van der Waals surface area contributed by atoms with Gasteiger partial charge in [0, 0.05) is 44.2 Å². The Hall–Kier alpha value is -2.74. The molecule has 0 atom stereocenters. The van der Waals surface area contributed by atoms with Crippen molar-refractivity contribution in [1.82, 2.24) is 14.8 Å². The molecule has 8 heteroatoms. The van der Waals surface area contributed by atoms with Crippen LogP contribution in [0, 0.1) is 0 Å². The number of alkyl halides is 3. The van der Waals surface area contributed by atoms with Crippen molar-refractivity contribution in [1.29, 1.82) is 0 Å². The van der Waals surface area contributed by atoms with E-state index in [1.807, 2.05) is 7.05 Å². The summed E-state index contributed by atoms with van der Waals surface area (Å²) in [4.78, 5) is 24.9. The van der Waals surface area contributed by atoms with E-state index in [9.17, 15) is 18.0 Å². The third-order valence-corrected chi connectivity index (χ3v) is 5.16. The Labute approximate surface area is 160 Å². The van der Waals surface area contributed by atoms with Gasteiger partial charge in [0.05, 0.1) is 12.1 Å². The first-order valence-electron chi connectivity index (χ1n) is 9.01. The third-order valence-electron chi connectivity index (χ3n) is 5.16. The lowest BCUT2D eigenvalue weighted by Crippen LogP contribution is -2.47. The van der Waals surface area contributed by atoms with Crippen molar-refractivity contribution in [3.05, 3.63) is 52.8 Å². The Morgan fingerprint density at radius 1 is 1.11 bits per heavy atom. The number of likely N-dealkylation sites (N-methyl/N-ethyl adjacent to an activating group) is 1. The number of fused-ring (bicyclic) bond motifs is 1. The molecule has 0 bridgehead atoms. The first-order valence-corrected chi connectivity index (χ1v) is 9.01. The van der Waals surface area contributed by atoms with Gasteiger partial charge in [0.2, 0.25) is 0 Å². The lowest BCUT2D eigenvalue weighted by atomic mass is 9.94. The summed E-state index contributed by atoms with van der Waals surface area (Å²) in [5, 5.41) is 0. The van der Waals surface area contributed by atoms with Crippen molar-refractivity contribution in [3.8, 4) is 11.1 Å². The minimum atomic E-state index is -4.45. The molecule has 28 heavy (non-hydrogen) atoms. The summed E-state index contributed by atoms with van der Waals surface area (Å²) in [6, 6.07) is 5.46. The summed E-state index contributed by atoms with van der Waals surface area (Å²) in [5.41, 5.74) is 1.67. The standard InChI is InChI=1S/C20H19F3N4O/c1-26-4-6-27(7-5-26)19(28)18-9-13(2-3-25-18)16-10-15(20(21,22)23)8-14-11-24-12-17(14)16/h2-3,8-10,12H,4-7,11H2,1H3. The number of aromatic nitrogens is 1. The number of carbonyl (C=O) groups is 1. The summed E-state index contributed by atoms with van der Waals surface area (Å²) >= 11 is 0. The number of pyridine rings is 1. The lowest BCUT2D eigenvalue weighted by Gasteiger charge is -2.32. The maximum Gasteiger partial charge on any atom is 0.416 e. The number of benzene rings is 1. The number of nitrogens with zero attached hydrogens (tertiary/aromatic N) is 4. The maximum atomic E-state index is 13.3. The van der Waals surface area contributed by atoms with Crippen LogP contribution in [-0.4, -0.2) is 60.1 Å². The predicted molar refractivity (Wildman–Crippen MR) is 99.4 cm³/mol. The van der Waals surface area contributed by atoms with Crippen LogP contribution in [0.1, 0.15) is 27.2 Å². The predicted octanol–water partition coefficient (Wildman–Crippen LogP) is 3.09. The molecule has 0 spiro atoms. The van der Waals surface area contributed by atoms with E-state index in [0.29, 0.717) is 35.3 Å². The number of aliphatic imine (C=N–C) groups is 1. The summed E-state index contributed by atoms with van der Waals surface area (Å²) in [5.74, 6) is -0.202. The molecule has 0 saturated carbocycles. The molecule has 5 nitrogen and oxygen atoms in total. The van der Waals surface area contributed by atoms with Gasteiger partial charge in [-0.15, -0.1) is 0 Å². The molecule has 0 radical (unpaired) electrons. The topological polar surface area (TPSA) is 48.8 Å². The molecule has 3 heterocycles. The van der Waals surface area contributed by atoms with Crippen molar-refractivity contribution in [2.75, 3.05) is 33.2 Å². The largest absolute Gasteiger partial charge is 0.416 e. The van der Waals surface area contributed by atoms with Gasteiger partial charge in [0.1, 0.15) is 5.69 Å². The lowest BCUT2D eigenvalue weighted by molar-refractivity contribution is -0.137. The molecule has 0 N–H and O–H groups in total. The summed E-state index contributed by atoms with van der Waals surface area (Å²) in [6.45, 7) is 3.00. The van der Waals surface area contributed by atoms with E-state index in [0.717, 1.165) is 25.2 Å². The van der Waals surface area contributed by atoms with E-state index in [4.69, 9.17) is 0 Å². The highest BCUT2D eigenvalue weighted by Gasteiger charge is 2.33. The number of halogens is 3. The quantitative estimate of drug-likeness (QED) is 0.795. The average molecular weight is 388 g/mol. The minimum absolute atomic E-state index is 0.202. The van der Waals surface area contributed by atoms with E-state index in [1.54, 1.807) is 23.2 Å². The fourth-order valence-electron chi connectivity index (χ4n) is 3.52. The Balaban J connectivity index is 1.71. The Morgan fingerprint density at radius 3 is 2.57 bits per heavy atom. The summed E-state index contributed by atoms with van der Waals surface area (Å²) in [7, 11) is 2.00. The van der Waals surface area contributed by atoms with Gasteiger partial charge in [0.15, 0.2) is 0 Å². The van der Waals surface area contributed by atoms with Gasteiger partial charge in [-0.2, -0.15) is 13.2 Å². The van der Waals surface area contributed by atoms with Gasteiger partial charge in [0.25, 0.3) is 5.91 Å². The van der Waals surface area contributed by atoms with E-state index >= 15 is 0 Å². The number of amides is 1. The SMILES string of the molecule is CN1CCN(C(=O)c2cc(-c3cc(C(F)(F)F)cc4c3C=NC4)ccn2)CC1. The zero-order chi connectivity index (χ0) is 19.9. The van der Waals surface area contributed by atoms with Crippen molar-refractivity contribution < 1.29 is 18.0 Å². The van der Waals surface area contributed by atoms with Gasteiger partial charge in [-0.1, -0.05) is 0 Å². The monoisotopic (exact) mass is 388 g/mol. The summed E-state index contributed by atoms with van der Waals surface area (Å²) in [6.07, 6.45) is -1.39. The van der Waals surface area contributed by atoms with Crippen LogP contribution < -0.4 is 0 Å². The number of rotatable bonds is 2. The number of carbonyl (C=O) groups excluding carboxylic acids is 1. The van der Waals surface area contributed by atoms with Crippen LogP contribution in [0.15, 0.2) is 35.5 Å². The van der Waals surface area contributed by atoms with Crippen molar-refractivity contribution in [2.24, 2.45) is 4.99 Å². The Morgan fingerprint density at radius 2 is 1.86 bits per heavy atom. The van der Waals surface area contributed by atoms with Crippen LogP contribution >= 0.6 is 0 Å². The van der Waals surface area contributed by atoms with Crippen molar-refractivity contribution in [2.45, 2.75) is 12.7 Å². The molecule has 1 aromatic carbocycles. The van der Waals surface area contributed by atoms with E-state index in [-0.39, 0.29) is 18.1 Å². The van der Waals surface area contributed by atoms with Gasteiger partial charge in [-0.25, -0.2) is 0 Å². The molecule has 1 fully saturated rings. The second-order valence-corrected chi connectivity index (χ2v) is 7.09. The highest BCUT2D eigenvalue weighted by molar-refractivity contribution is 5.97. The zero-order valence-electron chi connectivity index (χ0n) is 15.3. The summed E-state index contributed by atoms with van der Waals surface area (Å²) < 4.78 is 39.9. The zero-order valence-corrected chi connectivity index (χ0v) is 15.3. The second kappa shape index (κ2) is 7.01. The number of hydrogen-bond acceptors (Lipinski definition) is 4. The highest BCUT2D eigenvalue weighted by atomic mass is 19.4. The van der Waals surface area contributed by atoms with Crippen LogP contribution in [0.2, 0.25) is 0 Å². The molecule has 0 unspecified atom stereocenters. The van der Waals surface area contributed by atoms with Crippen LogP contribution in [0.25, 0.3) is 11.1 Å². The molecule has 1 aromatic heterocycles. The molecular weight excluding hydrogens is 369 g/mol. The Bertz CT molecular complexity index is 947. The van der Waals surface area contributed by atoms with Gasteiger partial charge in [-0.3, -0.25) is 14.8 Å². The fourth-order valence-corrected chi connectivity index (χ4v) is 3.52. The molecule has 1 amide bonds. The third kappa shape index (κ3) is 3.52. The molecule has 0 aliphatic carbocycles. The average Bonchev–Trinajstić information content (AvgIpc) is 3.15. The highest BCUT2D eigenvalue weighted by Crippen LogP contribution is 2.37. The van der Waals surface area contributed by atoms with Crippen LogP contribution in [0.3, 0.4) is 0 Å². The smallest absolute Gasteiger partial charge is 0.335 e. The van der Waals surface area contributed by atoms with Crippen LogP contribution in [-0.2, 0) is 12.7 Å². The first kappa shape index (κ1) is 18.6. The maximum absolute atomic E-state index is 13.3. The molecule has 146 valence electrons. The van der Waals surface area contributed by atoms with Gasteiger partial charge >= 0.3 is 6.18 Å². The molecule has 2 aromatic rings. The van der Waals surface area contributed by atoms with Crippen molar-refractivity contribution in [3.63, 3.8) is 0 Å². The van der Waals surface area contributed by atoms with Crippen molar-refractivity contribution >= 4 is 12.1 Å².